The van der Waals surface area contributed by atoms with Crippen molar-refractivity contribution in [3.63, 3.8) is 0 Å². The number of anilines is 1. The lowest BCUT2D eigenvalue weighted by Crippen LogP contribution is -2.55. The van der Waals surface area contributed by atoms with Crippen LogP contribution in [0.1, 0.15) is 18.4 Å². The zero-order valence-corrected chi connectivity index (χ0v) is 19.2. The molecule has 2 saturated heterocycles. The Hall–Kier alpha value is -2.65. The quantitative estimate of drug-likeness (QED) is 0.463. The van der Waals surface area contributed by atoms with Gasteiger partial charge in [-0.05, 0) is 30.2 Å². The maximum atomic E-state index is 12.9. The molecule has 2 unspecified atom stereocenters. The highest BCUT2D eigenvalue weighted by atomic mass is 35.5. The Balaban J connectivity index is 1.30. The van der Waals surface area contributed by atoms with Gasteiger partial charge in [-0.15, -0.1) is 0 Å². The van der Waals surface area contributed by atoms with Gasteiger partial charge in [-0.2, -0.15) is 0 Å². The Kier molecular flexibility index (Phi) is 7.49. The van der Waals surface area contributed by atoms with Crippen molar-refractivity contribution in [3.8, 4) is 0 Å². The molecule has 33 heavy (non-hydrogen) atoms. The van der Waals surface area contributed by atoms with Gasteiger partial charge >= 0.3 is 0 Å². The Morgan fingerprint density at radius 1 is 1.12 bits per heavy atom. The van der Waals surface area contributed by atoms with Gasteiger partial charge in [0.05, 0.1) is 0 Å². The zero-order valence-electron chi connectivity index (χ0n) is 18.5. The number of halogens is 1. The van der Waals surface area contributed by atoms with Crippen LogP contribution in [-0.4, -0.2) is 66.4 Å². The third-order valence-electron chi connectivity index (χ3n) is 6.29. The number of amides is 2. The highest BCUT2D eigenvalue weighted by molar-refractivity contribution is 6.30. The molecule has 2 aromatic rings. The number of benzene rings is 2. The van der Waals surface area contributed by atoms with Crippen LogP contribution in [0.2, 0.25) is 5.02 Å². The van der Waals surface area contributed by atoms with Gasteiger partial charge < -0.3 is 25.5 Å². The minimum atomic E-state index is -1.12. The molecular formula is C24H30ClN5O3. The lowest BCUT2D eigenvalue weighted by atomic mass is 9.92. The first-order valence-corrected chi connectivity index (χ1v) is 11.6. The molecular weight excluding hydrogens is 442 g/mol. The van der Waals surface area contributed by atoms with Crippen molar-refractivity contribution in [2.75, 3.05) is 37.6 Å². The fourth-order valence-corrected chi connectivity index (χ4v) is 4.60. The molecule has 176 valence electrons. The number of carbonyl (C=O) groups excluding carboxylic acids is 2. The summed E-state index contributed by atoms with van der Waals surface area (Å²) in [5, 5.41) is 19.4. The molecule has 0 aliphatic carbocycles. The van der Waals surface area contributed by atoms with E-state index in [0.717, 1.165) is 24.3 Å². The maximum absolute atomic E-state index is 12.9. The molecule has 0 saturated carbocycles. The molecule has 0 aromatic heterocycles. The third-order valence-corrected chi connectivity index (χ3v) is 6.52. The first kappa shape index (κ1) is 23.5. The minimum Gasteiger partial charge on any atom is -0.368 e. The van der Waals surface area contributed by atoms with E-state index >= 15 is 0 Å². The molecule has 2 aromatic carbocycles. The number of nitrogens with one attached hydrogen (secondary N) is 3. The standard InChI is InChI=1S/C24H30ClN5O3/c25-19-7-4-8-20(15-19)29-11-13-30(14-12-29)21(31)9-10-24(22(32)27-23(33)28-24)17-26-16-18-5-2-1-3-6-18/h1-8,15,23,26,28,33H,9-14,16-17H2,(H,27,32). The predicted octanol–water partition coefficient (Wildman–Crippen LogP) is 1.29. The normalized spacial score (nSPS) is 23.0. The van der Waals surface area contributed by atoms with Gasteiger partial charge in [-0.25, -0.2) is 0 Å². The summed E-state index contributed by atoms with van der Waals surface area (Å²) in [6.45, 7) is 3.59. The van der Waals surface area contributed by atoms with Crippen LogP contribution in [0.5, 0.6) is 0 Å². The molecule has 0 bridgehead atoms. The van der Waals surface area contributed by atoms with E-state index in [1.54, 1.807) is 0 Å². The second kappa shape index (κ2) is 10.5. The van der Waals surface area contributed by atoms with Crippen LogP contribution >= 0.6 is 11.6 Å². The summed E-state index contributed by atoms with van der Waals surface area (Å²) < 4.78 is 0. The van der Waals surface area contributed by atoms with Gasteiger partial charge in [0, 0.05) is 56.4 Å². The maximum Gasteiger partial charge on any atom is 0.244 e. The average Bonchev–Trinajstić information content (AvgIpc) is 3.11. The van der Waals surface area contributed by atoms with Crippen molar-refractivity contribution < 1.29 is 14.7 Å². The van der Waals surface area contributed by atoms with E-state index in [4.69, 9.17) is 11.6 Å². The Labute approximate surface area is 198 Å². The molecule has 4 rings (SSSR count). The van der Waals surface area contributed by atoms with Crippen LogP contribution in [0.3, 0.4) is 0 Å². The molecule has 2 fully saturated rings. The first-order valence-electron chi connectivity index (χ1n) is 11.2. The van der Waals surface area contributed by atoms with Crippen LogP contribution in [0, 0.1) is 0 Å². The number of carbonyl (C=O) groups is 2. The minimum absolute atomic E-state index is 0.0131. The summed E-state index contributed by atoms with van der Waals surface area (Å²) in [6, 6.07) is 17.6. The van der Waals surface area contributed by atoms with Crippen molar-refractivity contribution in [1.29, 1.82) is 0 Å². The van der Waals surface area contributed by atoms with E-state index < -0.39 is 11.9 Å². The van der Waals surface area contributed by atoms with Crippen molar-refractivity contribution >= 4 is 29.1 Å². The monoisotopic (exact) mass is 471 g/mol. The summed E-state index contributed by atoms with van der Waals surface area (Å²) in [6.07, 6.45) is -0.602. The highest BCUT2D eigenvalue weighted by Crippen LogP contribution is 2.22. The van der Waals surface area contributed by atoms with Crippen molar-refractivity contribution in [2.45, 2.75) is 31.3 Å². The van der Waals surface area contributed by atoms with Crippen LogP contribution < -0.4 is 20.9 Å². The van der Waals surface area contributed by atoms with E-state index in [0.29, 0.717) is 37.6 Å². The topological polar surface area (TPSA) is 96.9 Å². The van der Waals surface area contributed by atoms with E-state index in [9.17, 15) is 14.7 Å². The summed E-state index contributed by atoms with van der Waals surface area (Å²) in [5.74, 6) is -0.284. The SMILES string of the molecule is O=C(CCC1(CNCc2ccccc2)NC(O)NC1=O)N1CCN(c2cccc(Cl)c2)CC1. The zero-order chi connectivity index (χ0) is 23.3. The Morgan fingerprint density at radius 3 is 2.55 bits per heavy atom. The average molecular weight is 472 g/mol. The third kappa shape index (κ3) is 5.83. The number of aliphatic hydroxyl groups is 1. The van der Waals surface area contributed by atoms with Gasteiger partial charge in [0.2, 0.25) is 11.8 Å². The molecule has 2 heterocycles. The summed E-state index contributed by atoms with van der Waals surface area (Å²) in [5.41, 5.74) is 1.12. The van der Waals surface area contributed by atoms with Crippen LogP contribution in [0.4, 0.5) is 5.69 Å². The molecule has 2 aliphatic heterocycles. The van der Waals surface area contributed by atoms with Gasteiger partial charge in [-0.1, -0.05) is 48.0 Å². The van der Waals surface area contributed by atoms with Gasteiger partial charge in [0.15, 0.2) is 6.35 Å². The van der Waals surface area contributed by atoms with Crippen LogP contribution in [0.15, 0.2) is 54.6 Å². The molecule has 4 N–H and O–H groups in total. The predicted molar refractivity (Wildman–Crippen MR) is 128 cm³/mol. The number of hydrogen-bond acceptors (Lipinski definition) is 6. The van der Waals surface area contributed by atoms with Crippen molar-refractivity contribution in [3.05, 3.63) is 65.2 Å². The Bertz CT molecular complexity index is 968. The fourth-order valence-electron chi connectivity index (χ4n) is 4.41. The van der Waals surface area contributed by atoms with E-state index in [2.05, 4.69) is 20.9 Å². The van der Waals surface area contributed by atoms with E-state index in [-0.39, 0.29) is 18.2 Å². The molecule has 2 atom stereocenters. The number of hydrogen-bond donors (Lipinski definition) is 4. The first-order chi connectivity index (χ1) is 15.9. The highest BCUT2D eigenvalue weighted by Gasteiger charge is 2.45. The van der Waals surface area contributed by atoms with Gasteiger partial charge in [-0.3, -0.25) is 14.9 Å². The van der Waals surface area contributed by atoms with Crippen LogP contribution in [-0.2, 0) is 16.1 Å². The molecule has 8 nitrogen and oxygen atoms in total. The second-order valence-corrected chi connectivity index (χ2v) is 8.98. The van der Waals surface area contributed by atoms with Gasteiger partial charge in [0.1, 0.15) is 5.54 Å². The summed E-state index contributed by atoms with van der Waals surface area (Å²) >= 11 is 6.10. The van der Waals surface area contributed by atoms with Crippen LogP contribution in [0.25, 0.3) is 0 Å². The van der Waals surface area contributed by atoms with Gasteiger partial charge in [0.25, 0.3) is 0 Å². The van der Waals surface area contributed by atoms with E-state index in [1.165, 1.54) is 0 Å². The fraction of sp³-hybridized carbons (Fsp3) is 0.417. The number of nitrogens with zero attached hydrogens (tertiary/aromatic N) is 2. The lowest BCUT2D eigenvalue weighted by molar-refractivity contribution is -0.132. The molecule has 2 amide bonds. The number of rotatable bonds is 8. The van der Waals surface area contributed by atoms with E-state index in [1.807, 2.05) is 59.5 Å². The van der Waals surface area contributed by atoms with Crippen molar-refractivity contribution in [1.82, 2.24) is 20.9 Å². The molecule has 9 heteroatoms. The largest absolute Gasteiger partial charge is 0.368 e. The summed E-state index contributed by atoms with van der Waals surface area (Å²) in [7, 11) is 0. The van der Waals surface area contributed by atoms with Crippen molar-refractivity contribution in [2.24, 2.45) is 0 Å². The Morgan fingerprint density at radius 2 is 1.88 bits per heavy atom. The molecule has 0 spiro atoms. The number of aliphatic hydroxyl groups excluding tert-OH is 1. The molecule has 0 radical (unpaired) electrons. The number of piperazine rings is 1. The molecule has 2 aliphatic rings. The lowest BCUT2D eigenvalue weighted by Gasteiger charge is -2.37. The second-order valence-electron chi connectivity index (χ2n) is 8.54. The summed E-state index contributed by atoms with van der Waals surface area (Å²) in [4.78, 5) is 29.6. The smallest absolute Gasteiger partial charge is 0.244 e.